The lowest BCUT2D eigenvalue weighted by atomic mass is 10.1. The molecule has 4 rings (SSSR count). The SMILES string of the molecule is Cc1cc(C(=O)NCc2ccccc2Cl)c2c(C)nn(-c3ccccc3Cl)c2n1. The van der Waals surface area contributed by atoms with Crippen molar-refractivity contribution in [1.82, 2.24) is 20.1 Å². The van der Waals surface area contributed by atoms with E-state index >= 15 is 0 Å². The van der Waals surface area contributed by atoms with Crippen molar-refractivity contribution in [3.63, 3.8) is 0 Å². The molecule has 0 saturated heterocycles. The van der Waals surface area contributed by atoms with Gasteiger partial charge in [-0.05, 0) is 43.7 Å². The van der Waals surface area contributed by atoms with Crippen LogP contribution in [-0.4, -0.2) is 20.7 Å². The lowest BCUT2D eigenvalue weighted by molar-refractivity contribution is 0.0952. The van der Waals surface area contributed by atoms with Crippen LogP contribution in [0.2, 0.25) is 10.0 Å². The van der Waals surface area contributed by atoms with Gasteiger partial charge in [0.1, 0.15) is 0 Å². The third kappa shape index (κ3) is 3.71. The maximum Gasteiger partial charge on any atom is 0.252 e. The van der Waals surface area contributed by atoms with Crippen molar-refractivity contribution in [2.75, 3.05) is 0 Å². The number of fused-ring (bicyclic) bond motifs is 1. The van der Waals surface area contributed by atoms with Crippen LogP contribution >= 0.6 is 23.2 Å². The molecule has 4 aromatic rings. The van der Waals surface area contributed by atoms with Gasteiger partial charge in [0.05, 0.1) is 27.4 Å². The number of aryl methyl sites for hydroxylation is 2. The van der Waals surface area contributed by atoms with Crippen LogP contribution in [0.25, 0.3) is 16.7 Å². The third-order valence-electron chi connectivity index (χ3n) is 4.66. The van der Waals surface area contributed by atoms with Gasteiger partial charge in [-0.25, -0.2) is 9.67 Å². The number of benzene rings is 2. The standard InChI is InChI=1S/C22H18Cl2N4O/c1-13-11-16(22(29)25-12-15-7-3-4-8-17(15)23)20-14(2)27-28(21(20)26-13)19-10-6-5-9-18(19)24/h3-11H,12H2,1-2H3,(H,25,29). The largest absolute Gasteiger partial charge is 0.348 e. The number of carbonyl (C=O) groups is 1. The van der Waals surface area contributed by atoms with Crippen molar-refractivity contribution >= 4 is 40.1 Å². The van der Waals surface area contributed by atoms with Gasteiger partial charge in [-0.15, -0.1) is 0 Å². The summed E-state index contributed by atoms with van der Waals surface area (Å²) in [4.78, 5) is 17.6. The van der Waals surface area contributed by atoms with Crippen molar-refractivity contribution < 1.29 is 4.79 Å². The minimum Gasteiger partial charge on any atom is -0.348 e. The smallest absolute Gasteiger partial charge is 0.252 e. The van der Waals surface area contributed by atoms with Crippen LogP contribution in [0.1, 0.15) is 27.3 Å². The molecule has 1 N–H and O–H groups in total. The molecule has 0 fully saturated rings. The predicted molar refractivity (Wildman–Crippen MR) is 116 cm³/mol. The molecule has 0 aliphatic rings. The van der Waals surface area contributed by atoms with Gasteiger partial charge in [-0.3, -0.25) is 4.79 Å². The Morgan fingerprint density at radius 3 is 2.45 bits per heavy atom. The maximum absolute atomic E-state index is 13.0. The number of hydrogen-bond acceptors (Lipinski definition) is 3. The molecule has 2 heterocycles. The quantitative estimate of drug-likeness (QED) is 0.484. The summed E-state index contributed by atoms with van der Waals surface area (Å²) >= 11 is 12.6. The van der Waals surface area contributed by atoms with Gasteiger partial charge in [-0.1, -0.05) is 53.5 Å². The van der Waals surface area contributed by atoms with Crippen molar-refractivity contribution in [1.29, 1.82) is 0 Å². The van der Waals surface area contributed by atoms with Gasteiger partial charge >= 0.3 is 0 Å². The van der Waals surface area contributed by atoms with E-state index in [0.717, 1.165) is 5.56 Å². The van der Waals surface area contributed by atoms with Crippen LogP contribution in [0.3, 0.4) is 0 Å². The van der Waals surface area contributed by atoms with Crippen molar-refractivity contribution in [2.45, 2.75) is 20.4 Å². The molecule has 0 atom stereocenters. The minimum atomic E-state index is -0.206. The number of nitrogens with zero attached hydrogens (tertiary/aromatic N) is 3. The summed E-state index contributed by atoms with van der Waals surface area (Å²) in [7, 11) is 0. The van der Waals surface area contributed by atoms with E-state index in [4.69, 9.17) is 23.2 Å². The first-order valence-electron chi connectivity index (χ1n) is 9.09. The lowest BCUT2D eigenvalue weighted by Gasteiger charge is -2.10. The molecule has 0 saturated carbocycles. The molecule has 0 unspecified atom stereocenters. The Labute approximate surface area is 178 Å². The number of rotatable bonds is 4. The van der Waals surface area contributed by atoms with Crippen LogP contribution in [0.5, 0.6) is 0 Å². The Bertz CT molecular complexity index is 1230. The van der Waals surface area contributed by atoms with E-state index in [1.165, 1.54) is 0 Å². The summed E-state index contributed by atoms with van der Waals surface area (Å²) in [6, 6.07) is 16.6. The zero-order chi connectivity index (χ0) is 20.5. The summed E-state index contributed by atoms with van der Waals surface area (Å²) in [5.41, 5.74) is 4.11. The first kappa shape index (κ1) is 19.4. The first-order chi connectivity index (χ1) is 14.0. The zero-order valence-electron chi connectivity index (χ0n) is 15.9. The highest BCUT2D eigenvalue weighted by molar-refractivity contribution is 6.32. The molecule has 29 heavy (non-hydrogen) atoms. The van der Waals surface area contributed by atoms with E-state index in [0.29, 0.717) is 50.3 Å². The summed E-state index contributed by atoms with van der Waals surface area (Å²) < 4.78 is 1.69. The van der Waals surface area contributed by atoms with Crippen LogP contribution in [0, 0.1) is 13.8 Å². The number of hydrogen-bond donors (Lipinski definition) is 1. The average molecular weight is 425 g/mol. The second-order valence-electron chi connectivity index (χ2n) is 6.73. The molecule has 2 aromatic carbocycles. The maximum atomic E-state index is 13.0. The van der Waals surface area contributed by atoms with Gasteiger partial charge < -0.3 is 5.32 Å². The normalized spacial score (nSPS) is 11.0. The van der Waals surface area contributed by atoms with E-state index in [1.54, 1.807) is 22.9 Å². The van der Waals surface area contributed by atoms with Crippen LogP contribution in [0.15, 0.2) is 54.6 Å². The first-order valence-corrected chi connectivity index (χ1v) is 9.85. The fourth-order valence-electron chi connectivity index (χ4n) is 3.30. The van der Waals surface area contributed by atoms with Crippen LogP contribution in [0.4, 0.5) is 0 Å². The van der Waals surface area contributed by atoms with E-state index in [2.05, 4.69) is 15.4 Å². The fourth-order valence-corrected chi connectivity index (χ4v) is 3.72. The Kier molecular flexibility index (Phi) is 5.26. The highest BCUT2D eigenvalue weighted by atomic mass is 35.5. The number of para-hydroxylation sites is 1. The fraction of sp³-hybridized carbons (Fsp3) is 0.136. The molecule has 7 heteroatoms. The molecule has 2 aromatic heterocycles. The zero-order valence-corrected chi connectivity index (χ0v) is 17.4. The third-order valence-corrected chi connectivity index (χ3v) is 5.35. The van der Waals surface area contributed by atoms with E-state index in [-0.39, 0.29) is 5.91 Å². The highest BCUT2D eigenvalue weighted by Crippen LogP contribution is 2.28. The second kappa shape index (κ2) is 7.85. The summed E-state index contributed by atoms with van der Waals surface area (Å²) in [6.07, 6.45) is 0. The van der Waals surface area contributed by atoms with Crippen LogP contribution in [-0.2, 0) is 6.54 Å². The summed E-state index contributed by atoms with van der Waals surface area (Å²) in [6.45, 7) is 4.04. The molecular formula is C22H18Cl2N4O. The predicted octanol–water partition coefficient (Wildman–Crippen LogP) is 5.27. The Morgan fingerprint density at radius 2 is 1.72 bits per heavy atom. The van der Waals surface area contributed by atoms with E-state index < -0.39 is 0 Å². The Morgan fingerprint density at radius 1 is 1.03 bits per heavy atom. The van der Waals surface area contributed by atoms with Gasteiger partial charge in [0.25, 0.3) is 5.91 Å². The van der Waals surface area contributed by atoms with E-state index in [1.807, 2.05) is 50.2 Å². The molecular weight excluding hydrogens is 407 g/mol. The molecule has 1 amide bonds. The lowest BCUT2D eigenvalue weighted by Crippen LogP contribution is -2.23. The average Bonchev–Trinajstić information content (AvgIpc) is 3.03. The molecule has 0 bridgehead atoms. The topological polar surface area (TPSA) is 59.8 Å². The number of nitrogens with one attached hydrogen (secondary N) is 1. The molecule has 0 spiro atoms. The number of aromatic nitrogens is 3. The molecule has 0 aliphatic carbocycles. The van der Waals surface area contributed by atoms with Gasteiger partial charge in [-0.2, -0.15) is 5.10 Å². The molecule has 5 nitrogen and oxygen atoms in total. The minimum absolute atomic E-state index is 0.206. The van der Waals surface area contributed by atoms with Gasteiger partial charge in [0.15, 0.2) is 5.65 Å². The molecule has 0 radical (unpaired) electrons. The van der Waals surface area contributed by atoms with Crippen molar-refractivity contribution in [2.24, 2.45) is 0 Å². The molecule has 0 aliphatic heterocycles. The van der Waals surface area contributed by atoms with Crippen molar-refractivity contribution in [3.8, 4) is 5.69 Å². The summed E-state index contributed by atoms with van der Waals surface area (Å²) in [5, 5.41) is 9.43. The van der Waals surface area contributed by atoms with Crippen molar-refractivity contribution in [3.05, 3.63) is 87.2 Å². The number of halogens is 2. The second-order valence-corrected chi connectivity index (χ2v) is 7.55. The Balaban J connectivity index is 1.76. The number of carbonyl (C=O) groups excluding carboxylic acids is 1. The number of pyridine rings is 1. The number of amides is 1. The Hall–Kier alpha value is -2.89. The van der Waals surface area contributed by atoms with Gasteiger partial charge in [0, 0.05) is 17.3 Å². The highest BCUT2D eigenvalue weighted by Gasteiger charge is 2.20. The summed E-state index contributed by atoms with van der Waals surface area (Å²) in [5.74, 6) is -0.206. The van der Waals surface area contributed by atoms with E-state index in [9.17, 15) is 4.79 Å². The van der Waals surface area contributed by atoms with Crippen LogP contribution < -0.4 is 5.32 Å². The molecule has 146 valence electrons. The van der Waals surface area contributed by atoms with Gasteiger partial charge in [0.2, 0.25) is 0 Å². The monoisotopic (exact) mass is 424 g/mol.